The van der Waals surface area contributed by atoms with E-state index >= 15 is 0 Å². The van der Waals surface area contributed by atoms with Gasteiger partial charge < -0.3 is 33.8 Å². The van der Waals surface area contributed by atoms with Gasteiger partial charge in [-0.05, 0) is 56.5 Å². The fourth-order valence-electron chi connectivity index (χ4n) is 4.83. The highest BCUT2D eigenvalue weighted by Crippen LogP contribution is 2.33. The largest absolute Gasteiger partial charge is 0.493 e. The number of ether oxygens (including phenoxy) is 2. The smallest absolute Gasteiger partial charge is 0.274 e. The predicted octanol–water partition coefficient (Wildman–Crippen LogP) is 3.63. The van der Waals surface area contributed by atoms with E-state index in [0.717, 1.165) is 5.76 Å². The van der Waals surface area contributed by atoms with Gasteiger partial charge in [-0.3, -0.25) is 19.5 Å². The second-order valence-corrected chi connectivity index (χ2v) is 10.9. The van der Waals surface area contributed by atoms with Gasteiger partial charge >= 0.3 is 0 Å². The molecule has 1 aromatic carbocycles. The third-order valence-electron chi connectivity index (χ3n) is 7.25. The maximum atomic E-state index is 13.6. The van der Waals surface area contributed by atoms with Gasteiger partial charge in [0.2, 0.25) is 17.7 Å². The zero-order valence-electron chi connectivity index (χ0n) is 25.4. The van der Waals surface area contributed by atoms with Crippen LogP contribution in [0, 0.1) is 19.8 Å². The number of rotatable bonds is 4. The van der Waals surface area contributed by atoms with Crippen molar-refractivity contribution in [3.05, 3.63) is 59.3 Å². The number of fused-ring (bicyclic) bond motifs is 5. The van der Waals surface area contributed by atoms with E-state index in [0.29, 0.717) is 52.3 Å². The summed E-state index contributed by atoms with van der Waals surface area (Å²) in [4.78, 5) is 46.0. The summed E-state index contributed by atoms with van der Waals surface area (Å²) in [6, 6.07) is 9.67. The summed E-state index contributed by atoms with van der Waals surface area (Å²) < 4.78 is 23.1. The Morgan fingerprint density at radius 2 is 1.93 bits per heavy atom. The number of hydrogen-bond donors (Lipinski definition) is 3. The summed E-state index contributed by atoms with van der Waals surface area (Å²) in [6.45, 7) is 7.47. The molecule has 4 aromatic rings. The average Bonchev–Trinajstić information content (AvgIpc) is 3.75. The molecule has 0 unspecified atom stereocenters. The van der Waals surface area contributed by atoms with E-state index in [9.17, 15) is 14.4 Å². The number of aromatic amines is 1. The molecular formula is C31H36N6O7. The van der Waals surface area contributed by atoms with Crippen LogP contribution in [0.1, 0.15) is 48.0 Å². The molecule has 0 radical (unpaired) electrons. The van der Waals surface area contributed by atoms with Gasteiger partial charge in [0.15, 0.2) is 23.0 Å². The standard InChI is InChI=1S/C31H36N6O7/c1-17(2)28-29(39)32-15-23-19(4)44-30(33-23)20-8-10-25(41-5)26(13-20)42-12-6-11-37(16-27(38)34-28)31(40)22-14-21(35-36-22)24-9-7-18(3)43-24/h7-10,13-14,17,28H,6,11-12,15-16H2,1-5H3,(H,32,39)(H,34,38)(H,35,36)/t28-/m0/s1. The zero-order chi connectivity index (χ0) is 31.4. The molecule has 1 aliphatic heterocycles. The number of nitrogens with zero attached hydrogens (tertiary/aromatic N) is 3. The molecule has 3 amide bonds. The van der Waals surface area contributed by atoms with E-state index in [4.69, 9.17) is 18.3 Å². The summed E-state index contributed by atoms with van der Waals surface area (Å²) in [6.07, 6.45) is 0.386. The Balaban J connectivity index is 1.42. The summed E-state index contributed by atoms with van der Waals surface area (Å²) in [5.41, 5.74) is 1.89. The molecule has 4 heterocycles. The second-order valence-electron chi connectivity index (χ2n) is 10.9. The van der Waals surface area contributed by atoms with Crippen molar-refractivity contribution in [1.82, 2.24) is 30.7 Å². The first-order valence-electron chi connectivity index (χ1n) is 14.4. The number of amides is 3. The van der Waals surface area contributed by atoms with Gasteiger partial charge in [0.25, 0.3) is 5.91 Å². The van der Waals surface area contributed by atoms with Gasteiger partial charge in [-0.2, -0.15) is 5.10 Å². The lowest BCUT2D eigenvalue weighted by Crippen LogP contribution is -2.52. The Kier molecular flexibility index (Phi) is 9.02. The van der Waals surface area contributed by atoms with Crippen LogP contribution in [-0.4, -0.2) is 70.7 Å². The van der Waals surface area contributed by atoms with E-state index < -0.39 is 17.9 Å². The van der Waals surface area contributed by atoms with Gasteiger partial charge in [0, 0.05) is 18.2 Å². The van der Waals surface area contributed by atoms with Crippen LogP contribution >= 0.6 is 0 Å². The fraction of sp³-hybridized carbons (Fsp3) is 0.387. The molecule has 3 N–H and O–H groups in total. The number of hydrogen-bond acceptors (Lipinski definition) is 9. The molecule has 5 rings (SSSR count). The SMILES string of the molecule is COc1ccc2cc1OCCCN(C(=O)c1cc(-c3ccc(C)o3)[nH]n1)CC(=O)N[C@@H](C(C)C)C(=O)NCc1nc-2oc1C. The van der Waals surface area contributed by atoms with Crippen molar-refractivity contribution in [2.75, 3.05) is 26.8 Å². The minimum absolute atomic E-state index is 0.105. The average molecular weight is 605 g/mol. The Labute approximate surface area is 254 Å². The highest BCUT2D eigenvalue weighted by Gasteiger charge is 2.28. The van der Waals surface area contributed by atoms with Crippen molar-refractivity contribution < 1.29 is 32.7 Å². The molecule has 0 fully saturated rings. The van der Waals surface area contributed by atoms with Crippen LogP contribution in [0.5, 0.6) is 11.5 Å². The first-order valence-corrected chi connectivity index (χ1v) is 14.4. The van der Waals surface area contributed by atoms with E-state index in [2.05, 4.69) is 25.8 Å². The molecule has 4 bridgehead atoms. The first kappa shape index (κ1) is 30.4. The Morgan fingerprint density at radius 1 is 1.11 bits per heavy atom. The number of H-pyrrole nitrogens is 1. The van der Waals surface area contributed by atoms with Crippen molar-refractivity contribution >= 4 is 17.7 Å². The predicted molar refractivity (Wildman–Crippen MR) is 159 cm³/mol. The summed E-state index contributed by atoms with van der Waals surface area (Å²) in [5, 5.41) is 12.7. The molecule has 0 saturated heterocycles. The zero-order valence-corrected chi connectivity index (χ0v) is 25.4. The third kappa shape index (κ3) is 6.77. The van der Waals surface area contributed by atoms with Gasteiger partial charge in [-0.1, -0.05) is 13.8 Å². The Hall–Kier alpha value is -5.07. The lowest BCUT2D eigenvalue weighted by atomic mass is 10.0. The van der Waals surface area contributed by atoms with Crippen LogP contribution in [-0.2, 0) is 16.1 Å². The van der Waals surface area contributed by atoms with Gasteiger partial charge in [0.05, 0.1) is 26.8 Å². The summed E-state index contributed by atoms with van der Waals surface area (Å²) in [7, 11) is 1.54. The molecule has 0 aliphatic carbocycles. The quantitative estimate of drug-likeness (QED) is 0.315. The molecular weight excluding hydrogens is 568 g/mol. The van der Waals surface area contributed by atoms with E-state index in [1.807, 2.05) is 32.9 Å². The fourth-order valence-corrected chi connectivity index (χ4v) is 4.83. The van der Waals surface area contributed by atoms with E-state index in [1.165, 1.54) is 4.90 Å². The minimum Gasteiger partial charge on any atom is -0.493 e. The van der Waals surface area contributed by atoms with Crippen LogP contribution < -0.4 is 20.1 Å². The highest BCUT2D eigenvalue weighted by atomic mass is 16.5. The second kappa shape index (κ2) is 13.1. The minimum atomic E-state index is -0.836. The van der Waals surface area contributed by atoms with Crippen LogP contribution in [0.4, 0.5) is 0 Å². The monoisotopic (exact) mass is 604 g/mol. The topological polar surface area (TPSA) is 165 Å². The van der Waals surface area contributed by atoms with Crippen LogP contribution in [0.3, 0.4) is 0 Å². The van der Waals surface area contributed by atoms with Gasteiger partial charge in [-0.15, -0.1) is 0 Å². The van der Waals surface area contributed by atoms with Crippen LogP contribution in [0.2, 0.25) is 0 Å². The number of carbonyl (C=O) groups is 3. The Morgan fingerprint density at radius 3 is 2.66 bits per heavy atom. The summed E-state index contributed by atoms with van der Waals surface area (Å²) >= 11 is 0. The number of nitrogens with one attached hydrogen (secondary N) is 3. The number of carbonyl (C=O) groups excluding carboxylic acids is 3. The first-order chi connectivity index (χ1) is 21.1. The maximum absolute atomic E-state index is 13.6. The number of aromatic nitrogens is 3. The number of aryl methyl sites for hydroxylation is 2. The maximum Gasteiger partial charge on any atom is 0.274 e. The van der Waals surface area contributed by atoms with E-state index in [-0.39, 0.29) is 43.8 Å². The summed E-state index contributed by atoms with van der Waals surface area (Å²) in [5.74, 6) is 1.63. The highest BCUT2D eigenvalue weighted by molar-refractivity contribution is 5.96. The molecule has 13 nitrogen and oxygen atoms in total. The lowest BCUT2D eigenvalue weighted by Gasteiger charge is -2.25. The van der Waals surface area contributed by atoms with Crippen LogP contribution in [0.25, 0.3) is 22.9 Å². The molecule has 0 saturated carbocycles. The molecule has 232 valence electrons. The molecule has 0 spiro atoms. The number of oxazole rings is 1. The molecule has 1 atom stereocenters. The van der Waals surface area contributed by atoms with Crippen molar-refractivity contribution in [2.45, 2.75) is 46.7 Å². The number of benzene rings is 1. The molecule has 1 aliphatic rings. The van der Waals surface area contributed by atoms with Crippen molar-refractivity contribution in [3.63, 3.8) is 0 Å². The molecule has 44 heavy (non-hydrogen) atoms. The van der Waals surface area contributed by atoms with Crippen molar-refractivity contribution in [2.24, 2.45) is 5.92 Å². The number of methoxy groups -OCH3 is 1. The number of furan rings is 1. The van der Waals surface area contributed by atoms with Crippen LogP contribution in [0.15, 0.2) is 45.2 Å². The van der Waals surface area contributed by atoms with Gasteiger partial charge in [-0.25, -0.2) is 4.98 Å². The molecule has 13 heteroatoms. The lowest BCUT2D eigenvalue weighted by molar-refractivity contribution is -0.130. The normalized spacial score (nSPS) is 16.5. The van der Waals surface area contributed by atoms with Crippen molar-refractivity contribution in [3.8, 4) is 34.4 Å². The molecule has 3 aromatic heterocycles. The van der Waals surface area contributed by atoms with E-state index in [1.54, 1.807) is 38.3 Å². The Bertz CT molecular complexity index is 1650. The third-order valence-corrected chi connectivity index (χ3v) is 7.25. The van der Waals surface area contributed by atoms with Crippen molar-refractivity contribution in [1.29, 1.82) is 0 Å². The van der Waals surface area contributed by atoms with Gasteiger partial charge in [0.1, 0.15) is 29.0 Å².